The third-order valence-corrected chi connectivity index (χ3v) is 11.4. The van der Waals surface area contributed by atoms with Gasteiger partial charge in [-0.1, -0.05) is 91.5 Å². The Labute approximate surface area is 303 Å². The van der Waals surface area contributed by atoms with E-state index in [4.69, 9.17) is 9.40 Å². The zero-order chi connectivity index (χ0) is 34.1. The second kappa shape index (κ2) is 14.7. The van der Waals surface area contributed by atoms with Crippen LogP contribution in [0.4, 0.5) is 0 Å². The molecule has 0 unspecified atom stereocenters. The minimum atomic E-state index is -0.337. The molecule has 0 bridgehead atoms. The SMILES string of the molecule is CC(C)(C)c1cc(-c2nccc3oc4ccc5ccsc5c4c23)[c-]c2ccccc12.CCC(C)(CC)C(=O)/C=C(\O)C(C)(CC)CC.[Ir]. The van der Waals surface area contributed by atoms with Crippen LogP contribution in [0.25, 0.3) is 54.1 Å². The van der Waals surface area contributed by atoms with Gasteiger partial charge < -0.3 is 9.52 Å². The van der Waals surface area contributed by atoms with Gasteiger partial charge in [0.1, 0.15) is 16.9 Å². The molecule has 0 aliphatic rings. The molecule has 6 rings (SSSR count). The van der Waals surface area contributed by atoms with Gasteiger partial charge in [-0.15, -0.1) is 40.5 Å². The van der Waals surface area contributed by atoms with Crippen LogP contribution >= 0.6 is 11.3 Å². The first-order chi connectivity index (χ1) is 22.3. The van der Waals surface area contributed by atoms with Crippen molar-refractivity contribution in [1.29, 1.82) is 0 Å². The van der Waals surface area contributed by atoms with Crippen LogP contribution in [-0.2, 0) is 30.3 Å². The number of aliphatic hydroxyl groups excluding tert-OH is 1. The number of nitrogens with zero attached hydrogens (tertiary/aromatic N) is 1. The Kier molecular flexibility index (Phi) is 11.5. The molecular weight excluding hydrogens is 791 g/mol. The van der Waals surface area contributed by atoms with E-state index in [0.717, 1.165) is 64.3 Å². The molecule has 48 heavy (non-hydrogen) atoms. The summed E-state index contributed by atoms with van der Waals surface area (Å²) < 4.78 is 7.48. The monoisotopic (exact) mass is 839 g/mol. The predicted octanol–water partition coefficient (Wildman–Crippen LogP) is 12.8. The summed E-state index contributed by atoms with van der Waals surface area (Å²) in [6.45, 7) is 18.9. The van der Waals surface area contributed by atoms with Crippen molar-refractivity contribution in [2.45, 2.75) is 93.4 Å². The van der Waals surface area contributed by atoms with Crippen molar-refractivity contribution in [2.24, 2.45) is 10.8 Å². The van der Waals surface area contributed by atoms with Crippen LogP contribution in [0.2, 0.25) is 0 Å². The number of aromatic nitrogens is 1. The smallest absolute Gasteiger partial charge is 0.164 e. The Morgan fingerprint density at radius 3 is 2.17 bits per heavy atom. The molecule has 6 aromatic rings. The molecule has 3 aromatic carbocycles. The molecule has 6 heteroatoms. The maximum atomic E-state index is 12.2. The second-order valence-electron chi connectivity index (χ2n) is 14.2. The van der Waals surface area contributed by atoms with E-state index in [-0.39, 0.29) is 47.9 Å². The zero-order valence-corrected chi connectivity index (χ0v) is 32.9. The Hall–Kier alpha value is -3.31. The quantitative estimate of drug-likeness (QED) is 0.0942. The van der Waals surface area contributed by atoms with Crippen LogP contribution in [0, 0.1) is 16.9 Å². The number of carbonyl (C=O) groups is 1. The largest absolute Gasteiger partial charge is 0.512 e. The number of aliphatic hydroxyl groups is 1. The number of hydrogen-bond acceptors (Lipinski definition) is 5. The molecule has 0 saturated carbocycles. The molecule has 255 valence electrons. The number of rotatable bonds is 8. The molecule has 3 heterocycles. The van der Waals surface area contributed by atoms with Crippen molar-refractivity contribution in [1.82, 2.24) is 4.98 Å². The van der Waals surface area contributed by atoms with E-state index in [2.05, 4.69) is 80.7 Å². The first-order valence-electron chi connectivity index (χ1n) is 16.9. The summed E-state index contributed by atoms with van der Waals surface area (Å²) in [4.78, 5) is 17.0. The van der Waals surface area contributed by atoms with Gasteiger partial charge >= 0.3 is 0 Å². The normalized spacial score (nSPS) is 12.7. The van der Waals surface area contributed by atoms with Crippen LogP contribution in [0.15, 0.2) is 82.4 Å². The van der Waals surface area contributed by atoms with E-state index in [9.17, 15) is 9.90 Å². The molecule has 1 N–H and O–H groups in total. The number of allylic oxidation sites excluding steroid dienone is 2. The van der Waals surface area contributed by atoms with Gasteiger partial charge in [0.05, 0.1) is 0 Å². The molecule has 0 saturated heterocycles. The number of pyridine rings is 1. The van der Waals surface area contributed by atoms with Crippen LogP contribution in [0.5, 0.6) is 0 Å². The van der Waals surface area contributed by atoms with Crippen molar-refractivity contribution in [2.75, 3.05) is 0 Å². The minimum Gasteiger partial charge on any atom is -0.512 e. The van der Waals surface area contributed by atoms with Gasteiger partial charge in [-0.25, -0.2) is 0 Å². The van der Waals surface area contributed by atoms with Gasteiger partial charge in [0.2, 0.25) is 0 Å². The second-order valence-corrected chi connectivity index (χ2v) is 15.2. The van der Waals surface area contributed by atoms with Crippen LogP contribution in [-0.4, -0.2) is 15.9 Å². The van der Waals surface area contributed by atoms with Gasteiger partial charge in [-0.05, 0) is 66.1 Å². The number of furan rings is 1. The Balaban J connectivity index is 0.000000251. The average molecular weight is 839 g/mol. The van der Waals surface area contributed by atoms with E-state index in [1.165, 1.54) is 27.1 Å². The topological polar surface area (TPSA) is 63.3 Å². The summed E-state index contributed by atoms with van der Waals surface area (Å²) >= 11 is 1.75. The molecule has 4 nitrogen and oxygen atoms in total. The number of benzene rings is 3. The standard InChI is InChI=1S/C27H20NOS.C15H28O2.Ir/c1-27(2,3)20-15-18(14-17-6-4-5-7-19(17)20)25-23-22(10-12-28-25)29-21-9-8-16-11-13-30-26(16)24(21)23;1-7-14(5,8-2)12(16)11-13(17)15(6,9-3)10-4;/h4-13,15H,1-3H3;11,16H,7-10H2,1-6H3;/q-1;;/b;12-11-;. The van der Waals surface area contributed by atoms with Crippen LogP contribution in [0.1, 0.15) is 93.6 Å². The molecule has 3 aromatic heterocycles. The maximum Gasteiger partial charge on any atom is 0.164 e. The van der Waals surface area contributed by atoms with E-state index < -0.39 is 0 Å². The van der Waals surface area contributed by atoms with Gasteiger partial charge in [0.25, 0.3) is 0 Å². The Morgan fingerprint density at radius 2 is 1.52 bits per heavy atom. The van der Waals surface area contributed by atoms with Crippen molar-refractivity contribution in [3.63, 3.8) is 0 Å². The van der Waals surface area contributed by atoms with Crippen molar-refractivity contribution in [3.8, 4) is 11.3 Å². The van der Waals surface area contributed by atoms with E-state index in [1.54, 1.807) is 11.3 Å². The van der Waals surface area contributed by atoms with E-state index >= 15 is 0 Å². The van der Waals surface area contributed by atoms with E-state index in [0.29, 0.717) is 0 Å². The molecule has 0 spiro atoms. The summed E-state index contributed by atoms with van der Waals surface area (Å²) in [6.07, 6.45) is 6.59. The average Bonchev–Trinajstić information content (AvgIpc) is 3.71. The van der Waals surface area contributed by atoms with Crippen LogP contribution in [0.3, 0.4) is 0 Å². The predicted molar refractivity (Wildman–Crippen MR) is 200 cm³/mol. The van der Waals surface area contributed by atoms with Gasteiger partial charge in [0.15, 0.2) is 5.78 Å². The number of thiophene rings is 1. The third kappa shape index (κ3) is 7.04. The molecule has 0 amide bonds. The Bertz CT molecular complexity index is 2090. The first kappa shape index (κ1) is 37.5. The fraction of sp³-hybridized carbons (Fsp3) is 0.381. The molecular formula is C42H48IrNO3S-. The number of fused-ring (bicyclic) bond motifs is 6. The maximum absolute atomic E-state index is 12.2. The first-order valence-corrected chi connectivity index (χ1v) is 17.8. The number of hydrogen-bond donors (Lipinski definition) is 1. The fourth-order valence-electron chi connectivity index (χ4n) is 6.09. The molecule has 1 radical (unpaired) electrons. The molecule has 0 aliphatic carbocycles. The Morgan fingerprint density at radius 1 is 0.875 bits per heavy atom. The third-order valence-electron chi connectivity index (χ3n) is 10.4. The van der Waals surface area contributed by atoms with Gasteiger partial charge in [-0.2, -0.15) is 0 Å². The summed E-state index contributed by atoms with van der Waals surface area (Å²) in [6, 6.07) is 22.7. The molecule has 0 atom stereocenters. The molecule has 0 fully saturated rings. The summed E-state index contributed by atoms with van der Waals surface area (Å²) in [5, 5.41) is 18.1. The summed E-state index contributed by atoms with van der Waals surface area (Å²) in [5.41, 5.74) is 4.44. The summed E-state index contributed by atoms with van der Waals surface area (Å²) in [5.74, 6) is 0.286. The van der Waals surface area contributed by atoms with Gasteiger partial charge in [-0.3, -0.25) is 9.78 Å². The zero-order valence-electron chi connectivity index (χ0n) is 29.7. The van der Waals surface area contributed by atoms with Crippen molar-refractivity contribution in [3.05, 3.63) is 89.6 Å². The van der Waals surface area contributed by atoms with Crippen molar-refractivity contribution >= 4 is 59.9 Å². The number of ketones is 1. The van der Waals surface area contributed by atoms with E-state index in [1.807, 2.05) is 53.8 Å². The minimum absolute atomic E-state index is 0. The fourth-order valence-corrected chi connectivity index (χ4v) is 7.03. The van der Waals surface area contributed by atoms with Crippen molar-refractivity contribution < 1.29 is 34.4 Å². The van der Waals surface area contributed by atoms with Gasteiger partial charge in [0, 0.05) is 64.4 Å². The van der Waals surface area contributed by atoms with Crippen LogP contribution < -0.4 is 0 Å². The molecule has 0 aliphatic heterocycles. The summed E-state index contributed by atoms with van der Waals surface area (Å²) in [7, 11) is 0. The number of carbonyl (C=O) groups excluding carboxylic acids is 1.